The average molecular weight is 463 g/mol. The predicted octanol–water partition coefficient (Wildman–Crippen LogP) is 5.12. The summed E-state index contributed by atoms with van der Waals surface area (Å²) in [5.41, 5.74) is 0.983. The number of carbonyl (C=O) groups is 1. The molecule has 0 unspecified atom stereocenters. The van der Waals surface area contributed by atoms with E-state index >= 15 is 0 Å². The highest BCUT2D eigenvalue weighted by Gasteiger charge is 2.50. The summed E-state index contributed by atoms with van der Waals surface area (Å²) in [6, 6.07) is 12.8. The van der Waals surface area contributed by atoms with Crippen molar-refractivity contribution in [2.45, 2.75) is 52.2 Å². The zero-order chi connectivity index (χ0) is 25.1. The van der Waals surface area contributed by atoms with Crippen LogP contribution >= 0.6 is 0 Å². The van der Waals surface area contributed by atoms with Gasteiger partial charge >= 0.3 is 13.1 Å². The van der Waals surface area contributed by atoms with Crippen LogP contribution in [0.2, 0.25) is 0 Å². The highest BCUT2D eigenvalue weighted by molar-refractivity contribution is 6.55. The second-order valence-electron chi connectivity index (χ2n) is 9.07. The molecule has 0 atom stereocenters. The third kappa shape index (κ3) is 4.96. The van der Waals surface area contributed by atoms with Crippen molar-refractivity contribution < 1.29 is 28.7 Å². The van der Waals surface area contributed by atoms with Crippen molar-refractivity contribution in [1.82, 2.24) is 0 Å². The fourth-order valence-electron chi connectivity index (χ4n) is 3.66. The van der Waals surface area contributed by atoms with E-state index in [2.05, 4.69) is 6.07 Å². The second kappa shape index (κ2) is 9.92. The van der Waals surface area contributed by atoms with Gasteiger partial charge in [-0.1, -0.05) is 25.1 Å². The van der Waals surface area contributed by atoms with Crippen molar-refractivity contribution in [2.75, 3.05) is 13.7 Å². The maximum Gasteiger partial charge on any atom is 0.488 e. The summed E-state index contributed by atoms with van der Waals surface area (Å²) >= 11 is 0. The van der Waals surface area contributed by atoms with Crippen LogP contribution in [0.4, 0.5) is 0 Å². The molecule has 178 valence electrons. The first-order valence-corrected chi connectivity index (χ1v) is 11.2. The van der Waals surface area contributed by atoms with Crippen LogP contribution in [-0.2, 0) is 14.1 Å². The number of carboxylic acids is 1. The molecule has 1 heterocycles. The maximum absolute atomic E-state index is 12.2. The summed E-state index contributed by atoms with van der Waals surface area (Å²) in [4.78, 5) is 12.2. The van der Waals surface area contributed by atoms with Crippen molar-refractivity contribution in [3.8, 4) is 28.7 Å². The van der Waals surface area contributed by atoms with Gasteiger partial charge in [0, 0.05) is 5.56 Å². The second-order valence-corrected chi connectivity index (χ2v) is 9.07. The molecule has 3 rings (SSSR count). The third-order valence-corrected chi connectivity index (χ3v) is 6.19. The van der Waals surface area contributed by atoms with Crippen LogP contribution < -0.4 is 9.47 Å². The molecule has 8 heteroatoms. The van der Waals surface area contributed by atoms with Gasteiger partial charge in [0.2, 0.25) is 0 Å². The Morgan fingerprint density at radius 2 is 1.85 bits per heavy atom. The lowest BCUT2D eigenvalue weighted by atomic mass is 9.84. The van der Waals surface area contributed by atoms with Gasteiger partial charge in [-0.15, -0.1) is 0 Å². The van der Waals surface area contributed by atoms with Gasteiger partial charge in [0.25, 0.3) is 0 Å². The molecule has 0 aromatic heterocycles. The molecule has 0 bridgehead atoms. The maximum atomic E-state index is 12.2. The van der Waals surface area contributed by atoms with Crippen molar-refractivity contribution in [3.63, 3.8) is 0 Å². The molecular weight excluding hydrogens is 433 g/mol. The first-order chi connectivity index (χ1) is 16.0. The summed E-state index contributed by atoms with van der Waals surface area (Å²) < 4.78 is 23.1. The minimum Gasteiger partial charge on any atom is -0.493 e. The summed E-state index contributed by atoms with van der Waals surface area (Å²) in [7, 11) is 0.722. The van der Waals surface area contributed by atoms with E-state index in [1.165, 1.54) is 13.1 Å². The lowest BCUT2D eigenvalue weighted by Crippen LogP contribution is -2.41. The van der Waals surface area contributed by atoms with Crippen LogP contribution in [0.5, 0.6) is 11.5 Å². The minimum atomic E-state index is -1.10. The van der Waals surface area contributed by atoms with Gasteiger partial charge in [-0.3, -0.25) is 0 Å². The zero-order valence-corrected chi connectivity index (χ0v) is 20.5. The first-order valence-electron chi connectivity index (χ1n) is 11.2. The molecule has 34 heavy (non-hydrogen) atoms. The van der Waals surface area contributed by atoms with E-state index in [9.17, 15) is 15.2 Å². The number of aliphatic carboxylic acids is 1. The number of ether oxygens (including phenoxy) is 2. The SMILES string of the molecule is CCCOc1c(OC)ccc(-c2cccc(/C(=C/B3OC(C)(C)C(C)(C)O3)C(=O)O)c2)c1C#N. The Hall–Kier alpha value is -3.28. The Balaban J connectivity index is 2.06. The minimum absolute atomic E-state index is 0.0508. The fourth-order valence-corrected chi connectivity index (χ4v) is 3.66. The van der Waals surface area contributed by atoms with Gasteiger partial charge in [0.05, 0.1) is 30.5 Å². The molecule has 0 amide bonds. The Bertz CT molecular complexity index is 1130. The number of nitrogens with zero attached hydrogens (tertiary/aromatic N) is 1. The predicted molar refractivity (Wildman–Crippen MR) is 131 cm³/mol. The average Bonchev–Trinajstić information content (AvgIpc) is 3.00. The fraction of sp³-hybridized carbons (Fsp3) is 0.385. The van der Waals surface area contributed by atoms with E-state index in [0.29, 0.717) is 40.4 Å². The van der Waals surface area contributed by atoms with Gasteiger partial charge in [0.15, 0.2) is 11.5 Å². The highest BCUT2D eigenvalue weighted by atomic mass is 16.7. The molecule has 2 aromatic rings. The van der Waals surface area contributed by atoms with E-state index in [1.807, 2.05) is 40.7 Å². The molecule has 0 radical (unpaired) electrons. The molecular formula is C26H30BNO6. The molecule has 0 spiro atoms. The highest BCUT2D eigenvalue weighted by Crippen LogP contribution is 2.40. The Labute approximate surface area is 201 Å². The Morgan fingerprint density at radius 3 is 2.41 bits per heavy atom. The molecule has 2 aromatic carbocycles. The molecule has 1 saturated heterocycles. The largest absolute Gasteiger partial charge is 0.493 e. The smallest absolute Gasteiger partial charge is 0.488 e. The van der Waals surface area contributed by atoms with Gasteiger partial charge in [-0.2, -0.15) is 5.26 Å². The van der Waals surface area contributed by atoms with Crippen LogP contribution in [-0.4, -0.2) is 43.1 Å². The van der Waals surface area contributed by atoms with Crippen molar-refractivity contribution in [3.05, 3.63) is 53.5 Å². The standard InChI is InChI=1S/C26H30BNO6/c1-7-13-32-23-21(16-28)19(11-12-22(23)31-6)17-9-8-10-18(14-17)20(24(29)30)15-27-33-25(2,3)26(4,5)34-27/h8-12,14-15H,7,13H2,1-6H3,(H,29,30)/b20-15-. The summed E-state index contributed by atoms with van der Waals surface area (Å²) in [6.07, 6.45) is 0.777. The Kier molecular flexibility index (Phi) is 7.40. The monoisotopic (exact) mass is 463 g/mol. The van der Waals surface area contributed by atoms with E-state index in [0.717, 1.165) is 6.42 Å². The van der Waals surface area contributed by atoms with E-state index in [1.54, 1.807) is 30.3 Å². The normalized spacial score (nSPS) is 16.7. The summed E-state index contributed by atoms with van der Waals surface area (Å²) in [5.74, 6) is 1.22. The van der Waals surface area contributed by atoms with E-state index in [-0.39, 0.29) is 5.57 Å². The van der Waals surface area contributed by atoms with E-state index < -0.39 is 24.3 Å². The van der Waals surface area contributed by atoms with E-state index in [4.69, 9.17) is 18.8 Å². The van der Waals surface area contributed by atoms with Crippen molar-refractivity contribution in [1.29, 1.82) is 5.26 Å². The molecule has 1 aliphatic rings. The number of methoxy groups -OCH3 is 1. The Morgan fingerprint density at radius 1 is 1.18 bits per heavy atom. The van der Waals surface area contributed by atoms with Crippen molar-refractivity contribution in [2.24, 2.45) is 0 Å². The van der Waals surface area contributed by atoms with Crippen LogP contribution in [0.15, 0.2) is 42.4 Å². The van der Waals surface area contributed by atoms with Gasteiger partial charge < -0.3 is 23.9 Å². The number of rotatable bonds is 8. The van der Waals surface area contributed by atoms with Crippen molar-refractivity contribution >= 4 is 18.7 Å². The summed E-state index contributed by atoms with van der Waals surface area (Å²) in [5, 5.41) is 19.9. The molecule has 1 fully saturated rings. The van der Waals surface area contributed by atoms with Gasteiger partial charge in [-0.25, -0.2) is 4.79 Å². The number of hydrogen-bond donors (Lipinski definition) is 1. The first kappa shape index (κ1) is 25.3. The third-order valence-electron chi connectivity index (χ3n) is 6.19. The van der Waals surface area contributed by atoms with Crippen LogP contribution in [0.3, 0.4) is 0 Å². The topological polar surface area (TPSA) is 98.0 Å². The van der Waals surface area contributed by atoms with Gasteiger partial charge in [-0.05, 0) is 69.4 Å². The quantitative estimate of drug-likeness (QED) is 0.429. The number of benzene rings is 2. The van der Waals surface area contributed by atoms with Crippen LogP contribution in [0.25, 0.3) is 16.7 Å². The number of hydrogen-bond acceptors (Lipinski definition) is 6. The van der Waals surface area contributed by atoms with Crippen LogP contribution in [0.1, 0.15) is 52.2 Å². The number of nitriles is 1. The molecule has 1 aliphatic heterocycles. The van der Waals surface area contributed by atoms with Gasteiger partial charge in [0.1, 0.15) is 11.6 Å². The van der Waals surface area contributed by atoms with Crippen LogP contribution in [0, 0.1) is 11.3 Å². The zero-order valence-electron chi connectivity index (χ0n) is 20.5. The molecule has 0 aliphatic carbocycles. The number of carboxylic acid groups (broad SMARTS) is 1. The lowest BCUT2D eigenvalue weighted by Gasteiger charge is -2.32. The lowest BCUT2D eigenvalue weighted by molar-refractivity contribution is -0.130. The molecule has 0 saturated carbocycles. The molecule has 1 N–H and O–H groups in total. The summed E-state index contributed by atoms with van der Waals surface area (Å²) in [6.45, 7) is 10.1. The molecule has 7 nitrogen and oxygen atoms in total.